The zero-order valence-corrected chi connectivity index (χ0v) is 50.9. The van der Waals surface area contributed by atoms with Gasteiger partial charge in [0.1, 0.15) is 85.5 Å². The summed E-state index contributed by atoms with van der Waals surface area (Å²) in [5.41, 5.74) is -30.7. The fourth-order valence-corrected chi connectivity index (χ4v) is 19.5. The van der Waals surface area contributed by atoms with Crippen LogP contribution in [-0.2, 0) is 52.2 Å². The minimum absolute atomic E-state index is 0.00848. The number of carbonyl (C=O) groups excluding carboxylic acids is 3. The molecule has 3 amide bonds. The van der Waals surface area contributed by atoms with Crippen LogP contribution in [0.4, 0.5) is 4.79 Å². The second-order valence-electron chi connectivity index (χ2n) is 28.7. The summed E-state index contributed by atoms with van der Waals surface area (Å²) >= 11 is 1.77. The average Bonchev–Trinajstić information content (AvgIpc) is 1.70. The average molecular weight is 1170 g/mol. The summed E-state index contributed by atoms with van der Waals surface area (Å²) in [6, 6.07) is -0.0952. The quantitative estimate of drug-likeness (QED) is 0.0422. The van der Waals surface area contributed by atoms with E-state index in [0.29, 0.717) is 12.8 Å². The molecule has 3 aliphatic carbocycles. The molecule has 24 nitrogen and oxygen atoms in total. The number of urea groups is 1. The van der Waals surface area contributed by atoms with E-state index in [1.54, 1.807) is 74.1 Å². The molecule has 11 rings (SSSR count). The number of ether oxygens (including phenoxy) is 9. The molecule has 0 radical (unpaired) electrons. The maximum atomic E-state index is 13.8. The molecule has 462 valence electrons. The van der Waals surface area contributed by atoms with Gasteiger partial charge < -0.3 is 105 Å². The summed E-state index contributed by atoms with van der Waals surface area (Å²) in [5, 5.41) is 115. The lowest BCUT2D eigenvalue weighted by Gasteiger charge is -2.80. The molecule has 81 heavy (non-hydrogen) atoms. The number of nitrogens with one attached hydrogen (secondary N) is 3. The first-order valence-corrected chi connectivity index (χ1v) is 29.5. The second kappa shape index (κ2) is 17.1. The number of aliphatic hydroxyl groups excluding tert-OH is 2. The number of fused-ring (bicyclic) bond motifs is 7. The topological polar surface area (TPSA) is 352 Å². The highest BCUT2D eigenvalue weighted by Gasteiger charge is 2.99. The van der Waals surface area contributed by atoms with Gasteiger partial charge in [-0.05, 0) is 95.9 Å². The van der Waals surface area contributed by atoms with Crippen LogP contribution in [0.3, 0.4) is 0 Å². The maximum Gasteiger partial charge on any atom is 0.315 e. The van der Waals surface area contributed by atoms with Crippen molar-refractivity contribution in [2.75, 3.05) is 52.0 Å². The van der Waals surface area contributed by atoms with Crippen LogP contribution in [-0.4, -0.2) is 235 Å². The van der Waals surface area contributed by atoms with Crippen LogP contribution in [0, 0.1) is 16.2 Å². The summed E-state index contributed by atoms with van der Waals surface area (Å²) in [6.07, 6.45) is 0.618. The van der Waals surface area contributed by atoms with E-state index in [4.69, 9.17) is 42.6 Å². The smallest absolute Gasteiger partial charge is 0.315 e. The van der Waals surface area contributed by atoms with Crippen LogP contribution in [0.5, 0.6) is 0 Å². The summed E-state index contributed by atoms with van der Waals surface area (Å²) < 4.78 is 58.4. The van der Waals surface area contributed by atoms with Crippen molar-refractivity contribution in [1.82, 2.24) is 16.0 Å². The molecule has 24 atom stereocenters. The zero-order valence-electron chi connectivity index (χ0n) is 50.1. The highest BCUT2D eigenvalue weighted by atomic mass is 32.2. The van der Waals surface area contributed by atoms with E-state index >= 15 is 0 Å². The number of esters is 1. The lowest BCUT2D eigenvalue weighted by atomic mass is 9.37. The molecule has 3 saturated carbocycles. The van der Waals surface area contributed by atoms with E-state index in [1.807, 2.05) is 0 Å². The van der Waals surface area contributed by atoms with Crippen LogP contribution in [0.1, 0.15) is 143 Å². The third-order valence-corrected chi connectivity index (χ3v) is 26.6. The van der Waals surface area contributed by atoms with E-state index in [2.05, 4.69) is 16.0 Å². The molecular formula is C56H91N3O21S. The van der Waals surface area contributed by atoms with Crippen molar-refractivity contribution in [1.29, 1.82) is 0 Å². The van der Waals surface area contributed by atoms with Gasteiger partial charge in [0, 0.05) is 31.3 Å². The number of rotatable bonds is 20. The second-order valence-corrected chi connectivity index (χ2v) is 30.0. The SMILES string of the molecule is CC(=O)NC1(C)C2(C)C(OCC3(C)OC4(C)C(C)(COC[C@]5(C)OC6(CO)OC(C)(C5(C)COCC5(C)OC7(C)C(O)(C5(C)O)[C@]7(C)O)[C@]6(C)O)C4(O)C3(C)O)C(CO)(O[C@@]1(C)OC(=O)CCCCC1SC[C@@H]3NC(=O)N[C@H]13)[C@@]2(C)O. The van der Waals surface area contributed by atoms with Gasteiger partial charge in [-0.1, -0.05) is 27.2 Å². The number of hydrogen-bond donors (Lipinski definition) is 12. The van der Waals surface area contributed by atoms with E-state index in [0.717, 1.165) is 12.2 Å². The van der Waals surface area contributed by atoms with Crippen molar-refractivity contribution in [2.24, 2.45) is 16.2 Å². The number of hydrogen-bond acceptors (Lipinski definition) is 22. The van der Waals surface area contributed by atoms with Crippen molar-refractivity contribution in [3.63, 3.8) is 0 Å². The van der Waals surface area contributed by atoms with Crippen LogP contribution >= 0.6 is 11.8 Å². The van der Waals surface area contributed by atoms with E-state index in [9.17, 15) is 60.3 Å². The first-order chi connectivity index (χ1) is 36.7. The predicted molar refractivity (Wildman–Crippen MR) is 285 cm³/mol. The Balaban J connectivity index is 0.825. The Labute approximate surface area is 477 Å². The monoisotopic (exact) mass is 1170 g/mol. The highest BCUT2D eigenvalue weighted by molar-refractivity contribution is 8.00. The van der Waals surface area contributed by atoms with Gasteiger partial charge in [-0.3, -0.25) is 9.59 Å². The number of thioether (sulfide) groups is 1. The summed E-state index contributed by atoms with van der Waals surface area (Å²) in [6.45, 7) is 23.2. The normalized spacial score (nSPS) is 59.4. The molecule has 0 aromatic heterocycles. The van der Waals surface area contributed by atoms with E-state index < -0.39 is 150 Å². The Morgan fingerprint density at radius 2 is 1.19 bits per heavy atom. The summed E-state index contributed by atoms with van der Waals surface area (Å²) in [5.74, 6) is -4.23. The van der Waals surface area contributed by atoms with Gasteiger partial charge in [0.25, 0.3) is 0 Å². The molecule has 11 fully saturated rings. The van der Waals surface area contributed by atoms with Crippen molar-refractivity contribution < 1.29 is 103 Å². The third-order valence-electron chi connectivity index (χ3n) is 25.1. The molecule has 0 aromatic carbocycles. The standard InChI is InChI=1S/C56H91N3O21S/c1-30(62)59-43(8)42(7)35(53(23-60,46(42,11)67)80-52(43,17)75-33(63)21-19-18-20-32-34-31(22-81-32)57-36(64)58-34)74-29-41(6)44(9,65)55(70)38(3,50(55,15)76-41)26-73-27-39(4)37(2,49(14)47(12,68)54(24-61,78-39)79-49)25-72-28-40(5)45(10,66)56(71)48(13,69)51(56,16)77-40/h31-32,34-35,60-61,65-71H,18-29H2,1-17H3,(H,59,62)(H2,57,58,64)/t31-,32?,34-,35?,37?,38?,39-,40?,41?,42?,43?,44?,45?,46-,47-,48+,49?,50?,51?,52+,53?,54?,55?,56?/m0/s1. The lowest BCUT2D eigenvalue weighted by Crippen LogP contribution is -2.99. The van der Waals surface area contributed by atoms with Crippen molar-refractivity contribution >= 4 is 29.7 Å². The number of aliphatic hydroxyl groups is 9. The Morgan fingerprint density at radius 3 is 1.72 bits per heavy atom. The maximum absolute atomic E-state index is 13.8. The third kappa shape index (κ3) is 6.44. The lowest BCUT2D eigenvalue weighted by molar-refractivity contribution is -0.577. The van der Waals surface area contributed by atoms with E-state index in [1.165, 1.54) is 55.4 Å². The molecule has 11 aliphatic rings. The highest BCUT2D eigenvalue weighted by Crippen LogP contribution is 2.80. The minimum Gasteiger partial charge on any atom is -0.431 e. The number of carbonyl (C=O) groups is 3. The number of unbranched alkanes of at least 4 members (excludes halogenated alkanes) is 1. The van der Waals surface area contributed by atoms with Gasteiger partial charge in [0.2, 0.25) is 17.5 Å². The molecule has 8 aliphatic heterocycles. The molecular weight excluding hydrogens is 1080 g/mol. The van der Waals surface area contributed by atoms with Crippen LogP contribution < -0.4 is 16.0 Å². The fourth-order valence-electron chi connectivity index (χ4n) is 17.9. The molecule has 25 heteroatoms. The van der Waals surface area contributed by atoms with Gasteiger partial charge >= 0.3 is 12.0 Å². The van der Waals surface area contributed by atoms with Crippen LogP contribution in [0.2, 0.25) is 0 Å². The number of amides is 3. The molecule has 4 bridgehead atoms. The fraction of sp³-hybridized carbons (Fsp3) is 0.946. The minimum atomic E-state index is -2.11. The van der Waals surface area contributed by atoms with Crippen molar-refractivity contribution in [2.45, 2.75) is 262 Å². The molecule has 12 N–H and O–H groups in total. The van der Waals surface area contributed by atoms with Gasteiger partial charge in [-0.25, -0.2) is 4.79 Å². The van der Waals surface area contributed by atoms with Gasteiger partial charge in [-0.15, -0.1) is 0 Å². The van der Waals surface area contributed by atoms with Crippen LogP contribution in [0.25, 0.3) is 0 Å². The zero-order chi connectivity index (χ0) is 60.7. The van der Waals surface area contributed by atoms with E-state index in [-0.39, 0.29) is 56.2 Å². The van der Waals surface area contributed by atoms with Crippen LogP contribution in [0.15, 0.2) is 0 Å². The predicted octanol–water partition coefficient (Wildman–Crippen LogP) is -0.315. The molecule has 17 unspecified atom stereocenters. The summed E-state index contributed by atoms with van der Waals surface area (Å²) in [4.78, 5) is 38.8. The van der Waals surface area contributed by atoms with Gasteiger partial charge in [0.05, 0.1) is 68.0 Å². The molecule has 0 aromatic rings. The molecule has 8 heterocycles. The first kappa shape index (κ1) is 61.9. The Hall–Kier alpha value is -2.12. The largest absolute Gasteiger partial charge is 0.431 e. The van der Waals surface area contributed by atoms with Gasteiger partial charge in [0.15, 0.2) is 11.2 Å². The van der Waals surface area contributed by atoms with Crippen molar-refractivity contribution in [3.8, 4) is 0 Å². The molecule has 0 spiro atoms. The Morgan fingerprint density at radius 1 is 0.617 bits per heavy atom. The van der Waals surface area contributed by atoms with Gasteiger partial charge in [-0.2, -0.15) is 11.8 Å². The summed E-state index contributed by atoms with van der Waals surface area (Å²) in [7, 11) is 0. The Bertz CT molecular complexity index is 2670. The Kier molecular flexibility index (Phi) is 13.1. The van der Waals surface area contributed by atoms with Crippen molar-refractivity contribution in [3.05, 3.63) is 0 Å². The first-order valence-electron chi connectivity index (χ1n) is 28.4. The molecule has 8 saturated heterocycles.